The molecule has 1 rings (SSSR count). The zero-order valence-electron chi connectivity index (χ0n) is 6.83. The van der Waals surface area contributed by atoms with Crippen LogP contribution in [0.2, 0.25) is 0 Å². The van der Waals surface area contributed by atoms with Crippen LogP contribution in [0.25, 0.3) is 4.85 Å². The van der Waals surface area contributed by atoms with Gasteiger partial charge in [-0.2, -0.15) is 0 Å². The molecule has 0 aliphatic heterocycles. The van der Waals surface area contributed by atoms with Crippen LogP contribution in [0.3, 0.4) is 0 Å². The molecule has 2 nitrogen and oxygen atoms in total. The molecule has 0 heterocycles. The Balaban J connectivity index is 2.60. The standard InChI is InChI=1S/C10H11NO/c1-11-7-6-9-2-4-10(8-12)5-3-9/h2-5,12H,6-8H2. The van der Waals surface area contributed by atoms with E-state index in [0.29, 0.717) is 6.54 Å². The van der Waals surface area contributed by atoms with Gasteiger partial charge in [0.2, 0.25) is 6.54 Å². The molecule has 0 saturated carbocycles. The first-order chi connectivity index (χ1) is 5.86. The number of hydrogen-bond acceptors (Lipinski definition) is 1. The van der Waals surface area contributed by atoms with Gasteiger partial charge in [0.05, 0.1) is 6.61 Å². The van der Waals surface area contributed by atoms with E-state index in [1.165, 1.54) is 0 Å². The van der Waals surface area contributed by atoms with Crippen LogP contribution < -0.4 is 0 Å². The summed E-state index contributed by atoms with van der Waals surface area (Å²) >= 11 is 0. The van der Waals surface area contributed by atoms with Crippen LogP contribution in [0.1, 0.15) is 11.1 Å². The predicted octanol–water partition coefficient (Wildman–Crippen LogP) is 1.64. The highest BCUT2D eigenvalue weighted by Gasteiger charge is 1.94. The van der Waals surface area contributed by atoms with E-state index in [4.69, 9.17) is 11.7 Å². The topological polar surface area (TPSA) is 24.6 Å². The fourth-order valence-electron chi connectivity index (χ4n) is 0.996. The maximum atomic E-state index is 8.76. The minimum absolute atomic E-state index is 0.0864. The van der Waals surface area contributed by atoms with Crippen LogP contribution >= 0.6 is 0 Å². The highest BCUT2D eigenvalue weighted by molar-refractivity contribution is 5.22. The molecule has 0 fully saturated rings. The first-order valence-electron chi connectivity index (χ1n) is 3.88. The second-order valence-electron chi connectivity index (χ2n) is 2.61. The SMILES string of the molecule is [C-]#[N+]CCc1ccc(CO)cc1. The van der Waals surface area contributed by atoms with Crippen molar-refractivity contribution in [3.63, 3.8) is 0 Å². The molecule has 0 atom stereocenters. The van der Waals surface area contributed by atoms with Crippen molar-refractivity contribution in [1.82, 2.24) is 0 Å². The molecule has 0 aliphatic carbocycles. The van der Waals surface area contributed by atoms with Crippen LogP contribution in [0.5, 0.6) is 0 Å². The van der Waals surface area contributed by atoms with Gasteiger partial charge in [0.25, 0.3) is 0 Å². The number of aliphatic hydroxyl groups excluding tert-OH is 1. The quantitative estimate of drug-likeness (QED) is 0.670. The van der Waals surface area contributed by atoms with Crippen LogP contribution in [0.15, 0.2) is 24.3 Å². The van der Waals surface area contributed by atoms with Gasteiger partial charge in [0.1, 0.15) is 0 Å². The monoisotopic (exact) mass is 161 g/mol. The Kier molecular flexibility index (Phi) is 3.31. The summed E-state index contributed by atoms with van der Waals surface area (Å²) in [5, 5.41) is 8.76. The summed E-state index contributed by atoms with van der Waals surface area (Å²) in [6.45, 7) is 7.24. The molecule has 0 saturated heterocycles. The van der Waals surface area contributed by atoms with Crippen LogP contribution in [0.4, 0.5) is 0 Å². The summed E-state index contributed by atoms with van der Waals surface area (Å²) in [6, 6.07) is 7.69. The van der Waals surface area contributed by atoms with Gasteiger partial charge in [-0.15, -0.1) is 0 Å². The smallest absolute Gasteiger partial charge is 0.218 e. The number of nitrogens with zero attached hydrogens (tertiary/aromatic N) is 1. The number of rotatable bonds is 3. The molecule has 0 aromatic heterocycles. The zero-order chi connectivity index (χ0) is 8.81. The Morgan fingerprint density at radius 3 is 2.25 bits per heavy atom. The molecule has 0 radical (unpaired) electrons. The molecule has 0 spiro atoms. The van der Waals surface area contributed by atoms with Crippen LogP contribution in [-0.2, 0) is 13.0 Å². The normalized spacial score (nSPS) is 9.33. The minimum atomic E-state index is 0.0864. The molecule has 0 aliphatic rings. The number of benzene rings is 1. The Bertz CT molecular complexity index is 271. The lowest BCUT2D eigenvalue weighted by atomic mass is 10.1. The second-order valence-corrected chi connectivity index (χ2v) is 2.61. The van der Waals surface area contributed by atoms with Crippen LogP contribution in [0, 0.1) is 6.57 Å². The fraction of sp³-hybridized carbons (Fsp3) is 0.300. The maximum Gasteiger partial charge on any atom is 0.218 e. The van der Waals surface area contributed by atoms with Gasteiger partial charge in [0.15, 0.2) is 0 Å². The van der Waals surface area contributed by atoms with E-state index in [2.05, 4.69) is 4.85 Å². The lowest BCUT2D eigenvalue weighted by Crippen LogP contribution is -1.88. The van der Waals surface area contributed by atoms with E-state index in [1.54, 1.807) is 0 Å². The van der Waals surface area contributed by atoms with Crippen molar-refractivity contribution in [3.05, 3.63) is 46.8 Å². The Labute approximate surface area is 72.3 Å². The molecule has 1 aromatic rings. The molecule has 1 N–H and O–H groups in total. The Morgan fingerprint density at radius 2 is 1.75 bits per heavy atom. The zero-order valence-corrected chi connectivity index (χ0v) is 6.83. The average molecular weight is 161 g/mol. The molecule has 0 amide bonds. The summed E-state index contributed by atoms with van der Waals surface area (Å²) in [7, 11) is 0. The summed E-state index contributed by atoms with van der Waals surface area (Å²) in [5.74, 6) is 0. The van der Waals surface area contributed by atoms with Gasteiger partial charge >= 0.3 is 0 Å². The first kappa shape index (κ1) is 8.76. The predicted molar refractivity (Wildman–Crippen MR) is 47.5 cm³/mol. The summed E-state index contributed by atoms with van der Waals surface area (Å²) in [5.41, 5.74) is 2.07. The van der Waals surface area contributed by atoms with Crippen molar-refractivity contribution in [2.45, 2.75) is 13.0 Å². The van der Waals surface area contributed by atoms with Crippen LogP contribution in [-0.4, -0.2) is 11.7 Å². The summed E-state index contributed by atoms with van der Waals surface area (Å²) < 4.78 is 0. The minimum Gasteiger partial charge on any atom is -0.392 e. The lowest BCUT2D eigenvalue weighted by molar-refractivity contribution is 0.282. The average Bonchev–Trinajstić information content (AvgIpc) is 2.15. The van der Waals surface area contributed by atoms with Crippen molar-refractivity contribution < 1.29 is 5.11 Å². The third-order valence-corrected chi connectivity index (χ3v) is 1.72. The molecule has 0 unspecified atom stereocenters. The van der Waals surface area contributed by atoms with Gasteiger partial charge < -0.3 is 9.95 Å². The third-order valence-electron chi connectivity index (χ3n) is 1.72. The van der Waals surface area contributed by atoms with Gasteiger partial charge in [-0.3, -0.25) is 0 Å². The Morgan fingerprint density at radius 1 is 1.17 bits per heavy atom. The van der Waals surface area contributed by atoms with Crippen molar-refractivity contribution in [3.8, 4) is 0 Å². The molecular weight excluding hydrogens is 150 g/mol. The van der Waals surface area contributed by atoms with Crippen molar-refractivity contribution in [2.75, 3.05) is 6.54 Å². The van der Waals surface area contributed by atoms with E-state index in [1.807, 2.05) is 24.3 Å². The van der Waals surface area contributed by atoms with E-state index >= 15 is 0 Å². The summed E-state index contributed by atoms with van der Waals surface area (Å²) in [4.78, 5) is 3.27. The van der Waals surface area contributed by atoms with Crippen molar-refractivity contribution >= 4 is 0 Å². The summed E-state index contributed by atoms with van der Waals surface area (Å²) in [6.07, 6.45) is 0.801. The van der Waals surface area contributed by atoms with Gasteiger partial charge in [0, 0.05) is 6.42 Å². The van der Waals surface area contributed by atoms with E-state index in [0.717, 1.165) is 17.5 Å². The van der Waals surface area contributed by atoms with E-state index < -0.39 is 0 Å². The highest BCUT2D eigenvalue weighted by atomic mass is 16.3. The van der Waals surface area contributed by atoms with Gasteiger partial charge in [-0.1, -0.05) is 24.3 Å². The third kappa shape index (κ3) is 2.37. The number of aliphatic hydroxyl groups is 1. The maximum absolute atomic E-state index is 8.76. The largest absolute Gasteiger partial charge is 0.392 e. The first-order valence-corrected chi connectivity index (χ1v) is 3.88. The van der Waals surface area contributed by atoms with Crippen molar-refractivity contribution in [1.29, 1.82) is 0 Å². The molecule has 1 aromatic carbocycles. The molecule has 2 heteroatoms. The second kappa shape index (κ2) is 4.53. The van der Waals surface area contributed by atoms with Gasteiger partial charge in [-0.25, -0.2) is 6.57 Å². The highest BCUT2D eigenvalue weighted by Crippen LogP contribution is 2.04. The fourth-order valence-corrected chi connectivity index (χ4v) is 0.996. The lowest BCUT2D eigenvalue weighted by Gasteiger charge is -1.97. The van der Waals surface area contributed by atoms with Crippen molar-refractivity contribution in [2.24, 2.45) is 0 Å². The molecule has 62 valence electrons. The molecule has 12 heavy (non-hydrogen) atoms. The molecular formula is C10H11NO. The number of hydrogen-bond donors (Lipinski definition) is 1. The Hall–Kier alpha value is -1.33. The van der Waals surface area contributed by atoms with E-state index in [-0.39, 0.29) is 6.61 Å². The van der Waals surface area contributed by atoms with E-state index in [9.17, 15) is 0 Å². The molecule has 0 bridgehead atoms. The van der Waals surface area contributed by atoms with Gasteiger partial charge in [-0.05, 0) is 11.1 Å².